The second kappa shape index (κ2) is 4.28. The number of furan rings is 1. The molecule has 3 heterocycles. The zero-order valence-electron chi connectivity index (χ0n) is 10.8. The first-order chi connectivity index (χ1) is 9.18. The Morgan fingerprint density at radius 3 is 2.58 bits per heavy atom. The first kappa shape index (κ1) is 11.5. The van der Waals surface area contributed by atoms with Gasteiger partial charge in [-0.25, -0.2) is 0 Å². The molecule has 0 radical (unpaired) electrons. The van der Waals surface area contributed by atoms with Gasteiger partial charge in [0.2, 0.25) is 0 Å². The average Bonchev–Trinajstić information content (AvgIpc) is 2.96. The highest BCUT2D eigenvalue weighted by Gasteiger charge is 2.19. The van der Waals surface area contributed by atoms with Gasteiger partial charge in [-0.1, -0.05) is 0 Å². The third-order valence-electron chi connectivity index (χ3n) is 3.17. The SMILES string of the molecule is Cc1occc1-c1nn(C)c(N)c1-c1ccncc1. The molecule has 0 saturated heterocycles. The number of anilines is 1. The fourth-order valence-electron chi connectivity index (χ4n) is 2.16. The highest BCUT2D eigenvalue weighted by atomic mass is 16.3. The van der Waals surface area contributed by atoms with Crippen LogP contribution in [0.2, 0.25) is 0 Å². The Balaban J connectivity index is 2.28. The summed E-state index contributed by atoms with van der Waals surface area (Å²) < 4.78 is 7.03. The third kappa shape index (κ3) is 1.79. The first-order valence-electron chi connectivity index (χ1n) is 5.96. The van der Waals surface area contributed by atoms with E-state index in [1.165, 1.54) is 0 Å². The summed E-state index contributed by atoms with van der Waals surface area (Å²) in [6.07, 6.45) is 5.15. The van der Waals surface area contributed by atoms with E-state index in [0.29, 0.717) is 5.82 Å². The molecule has 3 aromatic heterocycles. The molecule has 0 aliphatic heterocycles. The van der Waals surface area contributed by atoms with Crippen LogP contribution in [0.3, 0.4) is 0 Å². The minimum Gasteiger partial charge on any atom is -0.469 e. The van der Waals surface area contributed by atoms with E-state index in [1.807, 2.05) is 32.2 Å². The Bertz CT molecular complexity index is 712. The Kier molecular flexibility index (Phi) is 2.59. The number of pyridine rings is 1. The largest absolute Gasteiger partial charge is 0.469 e. The monoisotopic (exact) mass is 254 g/mol. The van der Waals surface area contributed by atoms with Gasteiger partial charge in [-0.15, -0.1) is 0 Å². The standard InChI is InChI=1S/C14H14N4O/c1-9-11(5-8-19-9)13-12(14(15)18(2)17-13)10-3-6-16-7-4-10/h3-8H,15H2,1-2H3. The lowest BCUT2D eigenvalue weighted by Crippen LogP contribution is -1.97. The maximum atomic E-state index is 6.14. The molecule has 0 aliphatic rings. The minimum atomic E-state index is 0.627. The molecule has 0 aromatic carbocycles. The molecule has 5 nitrogen and oxygen atoms in total. The summed E-state index contributed by atoms with van der Waals surface area (Å²) in [7, 11) is 1.83. The van der Waals surface area contributed by atoms with Crippen molar-refractivity contribution in [3.63, 3.8) is 0 Å². The number of nitrogens with zero attached hydrogens (tertiary/aromatic N) is 3. The Morgan fingerprint density at radius 1 is 1.21 bits per heavy atom. The molecule has 96 valence electrons. The van der Waals surface area contributed by atoms with Crippen molar-refractivity contribution in [2.45, 2.75) is 6.92 Å². The topological polar surface area (TPSA) is 69.9 Å². The van der Waals surface area contributed by atoms with Crippen LogP contribution in [0.15, 0.2) is 41.3 Å². The summed E-state index contributed by atoms with van der Waals surface area (Å²) in [5.74, 6) is 1.45. The van der Waals surface area contributed by atoms with Gasteiger partial charge in [0.25, 0.3) is 0 Å². The summed E-state index contributed by atoms with van der Waals surface area (Å²) in [6.45, 7) is 1.91. The molecule has 0 spiro atoms. The van der Waals surface area contributed by atoms with Crippen LogP contribution in [0.4, 0.5) is 5.82 Å². The maximum Gasteiger partial charge on any atom is 0.129 e. The molecule has 0 fully saturated rings. The second-order valence-corrected chi connectivity index (χ2v) is 4.36. The number of hydrogen-bond donors (Lipinski definition) is 1. The van der Waals surface area contributed by atoms with E-state index in [2.05, 4.69) is 10.1 Å². The lowest BCUT2D eigenvalue weighted by atomic mass is 10.0. The van der Waals surface area contributed by atoms with Crippen LogP contribution in [0.5, 0.6) is 0 Å². The molecule has 3 aromatic rings. The summed E-state index contributed by atoms with van der Waals surface area (Å²) in [4.78, 5) is 4.03. The lowest BCUT2D eigenvalue weighted by molar-refractivity contribution is 0.535. The zero-order valence-corrected chi connectivity index (χ0v) is 10.8. The van der Waals surface area contributed by atoms with Crippen molar-refractivity contribution in [3.8, 4) is 22.4 Å². The van der Waals surface area contributed by atoms with Crippen molar-refractivity contribution < 1.29 is 4.42 Å². The van der Waals surface area contributed by atoms with E-state index in [-0.39, 0.29) is 0 Å². The van der Waals surface area contributed by atoms with Gasteiger partial charge < -0.3 is 10.2 Å². The van der Waals surface area contributed by atoms with Gasteiger partial charge in [-0.05, 0) is 30.7 Å². The Morgan fingerprint density at radius 2 is 1.95 bits per heavy atom. The Hall–Kier alpha value is -2.56. The summed E-state index contributed by atoms with van der Waals surface area (Å²) >= 11 is 0. The van der Waals surface area contributed by atoms with Gasteiger partial charge in [0.15, 0.2) is 0 Å². The summed E-state index contributed by atoms with van der Waals surface area (Å²) in [5.41, 5.74) is 9.84. The molecule has 19 heavy (non-hydrogen) atoms. The molecule has 2 N–H and O–H groups in total. The average molecular weight is 254 g/mol. The van der Waals surface area contributed by atoms with Gasteiger partial charge in [0.05, 0.1) is 11.8 Å². The first-order valence-corrected chi connectivity index (χ1v) is 5.96. The molecule has 0 unspecified atom stereocenters. The molecule has 0 saturated carbocycles. The molecular formula is C14H14N4O. The number of aromatic nitrogens is 3. The third-order valence-corrected chi connectivity index (χ3v) is 3.17. The van der Waals surface area contributed by atoms with E-state index in [0.717, 1.165) is 28.1 Å². The molecule has 0 aliphatic carbocycles. The highest BCUT2D eigenvalue weighted by Crippen LogP contribution is 2.37. The van der Waals surface area contributed by atoms with E-state index in [9.17, 15) is 0 Å². The predicted octanol–water partition coefficient (Wildman–Crippen LogP) is 2.63. The number of aryl methyl sites for hydroxylation is 2. The van der Waals surface area contributed by atoms with E-state index in [1.54, 1.807) is 23.3 Å². The van der Waals surface area contributed by atoms with E-state index < -0.39 is 0 Å². The zero-order chi connectivity index (χ0) is 13.4. The van der Waals surface area contributed by atoms with Gasteiger partial charge in [-0.3, -0.25) is 9.67 Å². The van der Waals surface area contributed by atoms with Crippen molar-refractivity contribution in [2.75, 3.05) is 5.73 Å². The van der Waals surface area contributed by atoms with Gasteiger partial charge in [0, 0.05) is 25.0 Å². The van der Waals surface area contributed by atoms with Gasteiger partial charge in [0.1, 0.15) is 17.3 Å². The van der Waals surface area contributed by atoms with Crippen LogP contribution in [0.25, 0.3) is 22.4 Å². The van der Waals surface area contributed by atoms with Crippen molar-refractivity contribution >= 4 is 5.82 Å². The van der Waals surface area contributed by atoms with Crippen LogP contribution in [0, 0.1) is 6.92 Å². The van der Waals surface area contributed by atoms with Crippen molar-refractivity contribution in [1.29, 1.82) is 0 Å². The minimum absolute atomic E-state index is 0.627. The smallest absolute Gasteiger partial charge is 0.129 e. The number of nitrogens with two attached hydrogens (primary N) is 1. The second-order valence-electron chi connectivity index (χ2n) is 4.36. The van der Waals surface area contributed by atoms with Crippen LogP contribution in [-0.4, -0.2) is 14.8 Å². The van der Waals surface area contributed by atoms with Gasteiger partial charge >= 0.3 is 0 Å². The fraction of sp³-hybridized carbons (Fsp3) is 0.143. The van der Waals surface area contributed by atoms with E-state index >= 15 is 0 Å². The highest BCUT2D eigenvalue weighted by molar-refractivity contribution is 5.88. The molecule has 5 heteroatoms. The maximum absolute atomic E-state index is 6.14. The predicted molar refractivity (Wildman–Crippen MR) is 73.3 cm³/mol. The van der Waals surface area contributed by atoms with Crippen LogP contribution in [0.1, 0.15) is 5.76 Å². The number of hydrogen-bond acceptors (Lipinski definition) is 4. The molecule has 0 amide bonds. The van der Waals surface area contributed by atoms with Crippen LogP contribution in [-0.2, 0) is 7.05 Å². The normalized spacial score (nSPS) is 10.8. The van der Waals surface area contributed by atoms with Gasteiger partial charge in [-0.2, -0.15) is 5.10 Å². The van der Waals surface area contributed by atoms with Crippen LogP contribution < -0.4 is 5.73 Å². The van der Waals surface area contributed by atoms with Crippen molar-refractivity contribution in [1.82, 2.24) is 14.8 Å². The quantitative estimate of drug-likeness (QED) is 0.763. The molecule has 0 atom stereocenters. The lowest BCUT2D eigenvalue weighted by Gasteiger charge is -2.03. The summed E-state index contributed by atoms with van der Waals surface area (Å²) in [5, 5.41) is 4.50. The van der Waals surface area contributed by atoms with Crippen molar-refractivity contribution in [2.24, 2.45) is 7.05 Å². The fourth-order valence-corrected chi connectivity index (χ4v) is 2.16. The summed E-state index contributed by atoms with van der Waals surface area (Å²) in [6, 6.07) is 5.75. The molecule has 0 bridgehead atoms. The van der Waals surface area contributed by atoms with E-state index in [4.69, 9.17) is 10.2 Å². The molecular weight excluding hydrogens is 240 g/mol. The number of rotatable bonds is 2. The number of nitrogen functional groups attached to an aromatic ring is 1. The molecule has 3 rings (SSSR count). The van der Waals surface area contributed by atoms with Crippen LogP contribution >= 0.6 is 0 Å². The van der Waals surface area contributed by atoms with Crippen molar-refractivity contribution in [3.05, 3.63) is 42.6 Å². The Labute approximate surface area is 110 Å².